The maximum atomic E-state index is 10.6. The number of rotatable bonds is 10. The minimum atomic E-state index is -0.825. The maximum absolute atomic E-state index is 10.6. The van der Waals surface area contributed by atoms with E-state index in [0.717, 1.165) is 17.3 Å². The lowest BCUT2D eigenvalue weighted by atomic mass is 10.1. The predicted octanol–water partition coefficient (Wildman–Crippen LogP) is 3.16. The average molecular weight is 457 g/mol. The van der Waals surface area contributed by atoms with Gasteiger partial charge in [-0.05, 0) is 49.6 Å². The van der Waals surface area contributed by atoms with Gasteiger partial charge in [0.1, 0.15) is 6.07 Å². The van der Waals surface area contributed by atoms with Gasteiger partial charge < -0.3 is 26.6 Å². The summed E-state index contributed by atoms with van der Waals surface area (Å²) >= 11 is 0. The molecule has 0 aliphatic carbocycles. The number of hydrogen-bond donors (Lipinski definition) is 4. The molecular formula is C22H27N5O6. The molecule has 2 rings (SSSR count). The number of carbonyl (C=O) groups is 2. The number of aliphatic carboxylic acids is 2. The smallest absolute Gasteiger partial charge is 0.303 e. The van der Waals surface area contributed by atoms with Gasteiger partial charge in [0.25, 0.3) is 5.69 Å². The second-order valence-corrected chi connectivity index (χ2v) is 7.16. The van der Waals surface area contributed by atoms with Gasteiger partial charge in [-0.1, -0.05) is 0 Å². The van der Waals surface area contributed by atoms with Gasteiger partial charge in [0, 0.05) is 55.1 Å². The molecule has 0 spiro atoms. The summed E-state index contributed by atoms with van der Waals surface area (Å²) in [7, 11) is 0. The third-order valence-electron chi connectivity index (χ3n) is 4.62. The fraction of sp³-hybridized carbons (Fsp3) is 0.318. The van der Waals surface area contributed by atoms with Crippen LogP contribution in [0.15, 0.2) is 36.4 Å². The van der Waals surface area contributed by atoms with Crippen LogP contribution in [0.4, 0.5) is 22.7 Å². The van der Waals surface area contributed by atoms with E-state index in [0.29, 0.717) is 31.6 Å². The molecular weight excluding hydrogens is 430 g/mol. The van der Waals surface area contributed by atoms with Gasteiger partial charge in [-0.25, -0.2) is 0 Å². The van der Waals surface area contributed by atoms with E-state index < -0.39 is 16.9 Å². The fourth-order valence-corrected chi connectivity index (χ4v) is 2.82. The Balaban J connectivity index is 0.000000383. The van der Waals surface area contributed by atoms with Crippen molar-refractivity contribution in [2.24, 2.45) is 0 Å². The van der Waals surface area contributed by atoms with E-state index in [1.165, 1.54) is 12.1 Å². The van der Waals surface area contributed by atoms with Crippen LogP contribution in [0.5, 0.6) is 0 Å². The first-order valence-corrected chi connectivity index (χ1v) is 10.0. The van der Waals surface area contributed by atoms with E-state index in [1.54, 1.807) is 6.07 Å². The summed E-state index contributed by atoms with van der Waals surface area (Å²) in [5, 5.41) is 36.1. The summed E-state index contributed by atoms with van der Waals surface area (Å²) in [6, 6.07) is 11.1. The highest BCUT2D eigenvalue weighted by Crippen LogP contribution is 2.22. The molecule has 0 fully saturated rings. The number of nitrogens with zero attached hydrogens (tertiary/aromatic N) is 3. The Bertz CT molecular complexity index is 1010. The molecule has 2 aromatic rings. The maximum Gasteiger partial charge on any atom is 0.303 e. The van der Waals surface area contributed by atoms with E-state index in [2.05, 4.69) is 0 Å². The van der Waals surface area contributed by atoms with Crippen LogP contribution in [-0.4, -0.2) is 40.2 Å². The summed E-state index contributed by atoms with van der Waals surface area (Å²) in [5.74, 6) is -1.65. The van der Waals surface area contributed by atoms with Crippen LogP contribution in [-0.2, 0) is 9.59 Å². The molecule has 11 heteroatoms. The van der Waals surface area contributed by atoms with Gasteiger partial charge in [-0.3, -0.25) is 19.7 Å². The average Bonchev–Trinajstić information content (AvgIpc) is 2.75. The molecule has 0 bridgehead atoms. The summed E-state index contributed by atoms with van der Waals surface area (Å²) in [6.45, 7) is 3.07. The zero-order valence-electron chi connectivity index (χ0n) is 18.2. The number of nitrogen functional groups attached to an aromatic ring is 2. The van der Waals surface area contributed by atoms with E-state index >= 15 is 0 Å². The van der Waals surface area contributed by atoms with Crippen LogP contribution in [0.25, 0.3) is 0 Å². The van der Waals surface area contributed by atoms with Gasteiger partial charge >= 0.3 is 11.9 Å². The van der Waals surface area contributed by atoms with Crippen molar-refractivity contribution in [3.05, 3.63) is 57.6 Å². The molecule has 0 aliphatic heterocycles. The third-order valence-corrected chi connectivity index (χ3v) is 4.62. The van der Waals surface area contributed by atoms with Crippen molar-refractivity contribution in [2.75, 3.05) is 29.5 Å². The van der Waals surface area contributed by atoms with Gasteiger partial charge in [-0.2, -0.15) is 5.26 Å². The molecule has 0 amide bonds. The zero-order chi connectivity index (χ0) is 25.0. The van der Waals surface area contributed by atoms with Crippen molar-refractivity contribution in [1.82, 2.24) is 0 Å². The van der Waals surface area contributed by atoms with Crippen molar-refractivity contribution in [1.29, 1.82) is 5.26 Å². The number of carboxylic acids is 2. The van der Waals surface area contributed by atoms with E-state index in [9.17, 15) is 19.7 Å². The van der Waals surface area contributed by atoms with Gasteiger partial charge in [0.05, 0.1) is 10.5 Å². The Kier molecular flexibility index (Phi) is 10.7. The Morgan fingerprint density at radius 2 is 1.58 bits per heavy atom. The normalized spacial score (nSPS) is 9.82. The van der Waals surface area contributed by atoms with Gasteiger partial charge in [-0.15, -0.1) is 0 Å². The molecule has 0 atom stereocenters. The van der Waals surface area contributed by atoms with Crippen molar-refractivity contribution in [2.45, 2.75) is 32.6 Å². The van der Waals surface area contributed by atoms with Crippen molar-refractivity contribution >= 4 is 34.7 Å². The largest absolute Gasteiger partial charge is 0.481 e. The van der Waals surface area contributed by atoms with Crippen LogP contribution >= 0.6 is 0 Å². The minimum absolute atomic E-state index is 0.101. The zero-order valence-corrected chi connectivity index (χ0v) is 18.2. The lowest BCUT2D eigenvalue weighted by Gasteiger charge is -2.25. The highest BCUT2D eigenvalue weighted by molar-refractivity contribution is 5.67. The third kappa shape index (κ3) is 9.56. The summed E-state index contributed by atoms with van der Waals surface area (Å²) in [5.41, 5.74) is 14.0. The first-order valence-electron chi connectivity index (χ1n) is 10.0. The molecule has 11 nitrogen and oxygen atoms in total. The molecule has 0 heterocycles. The van der Waals surface area contributed by atoms with Crippen LogP contribution in [0.3, 0.4) is 0 Å². The van der Waals surface area contributed by atoms with Crippen LogP contribution in [0.2, 0.25) is 0 Å². The SMILES string of the molecule is Cc1cc(N(CCCC(=O)O)CCCC(=O)O)ccc1N.N#Cc1cc([N+](=O)[O-])ccc1N. The Morgan fingerprint density at radius 1 is 1.03 bits per heavy atom. The van der Waals surface area contributed by atoms with Crippen LogP contribution < -0.4 is 16.4 Å². The van der Waals surface area contributed by atoms with Crippen LogP contribution in [0.1, 0.15) is 36.8 Å². The van der Waals surface area contributed by atoms with E-state index in [1.807, 2.05) is 30.0 Å². The van der Waals surface area contributed by atoms with Gasteiger partial charge in [0.2, 0.25) is 0 Å². The van der Waals surface area contributed by atoms with Gasteiger partial charge in [0.15, 0.2) is 0 Å². The molecule has 33 heavy (non-hydrogen) atoms. The molecule has 2 aromatic carbocycles. The van der Waals surface area contributed by atoms with Crippen LogP contribution in [0, 0.1) is 28.4 Å². The number of aryl methyl sites for hydroxylation is 1. The molecule has 6 N–H and O–H groups in total. The molecule has 0 aliphatic rings. The number of nitrogens with two attached hydrogens (primary N) is 2. The standard InChI is InChI=1S/C15H22N2O4.C7H5N3O2/c1-11-10-12(6-7-13(11)16)17(8-2-4-14(18)19)9-3-5-15(20)21;8-4-5-3-6(10(11)12)1-2-7(5)9/h6-7,10H,2-5,8-9,16H2,1H3,(H,18,19)(H,20,21);1-3H,9H2. The highest BCUT2D eigenvalue weighted by atomic mass is 16.6. The number of nitro groups is 1. The minimum Gasteiger partial charge on any atom is -0.481 e. The fourth-order valence-electron chi connectivity index (χ4n) is 2.82. The number of carboxylic acid groups (broad SMARTS) is 2. The number of anilines is 3. The lowest BCUT2D eigenvalue weighted by Crippen LogP contribution is -2.26. The van der Waals surface area contributed by atoms with E-state index in [4.69, 9.17) is 26.9 Å². The number of hydrogen-bond acceptors (Lipinski definition) is 8. The topological polar surface area (TPSA) is 197 Å². The Morgan fingerprint density at radius 3 is 2.03 bits per heavy atom. The number of benzene rings is 2. The number of nitriles is 1. The Hall–Kier alpha value is -4.33. The second-order valence-electron chi connectivity index (χ2n) is 7.16. The van der Waals surface area contributed by atoms with Crippen molar-refractivity contribution < 1.29 is 24.7 Å². The lowest BCUT2D eigenvalue weighted by molar-refractivity contribution is -0.384. The quantitative estimate of drug-likeness (QED) is 0.233. The molecule has 176 valence electrons. The highest BCUT2D eigenvalue weighted by Gasteiger charge is 2.10. The molecule has 0 saturated heterocycles. The second kappa shape index (κ2) is 13.2. The van der Waals surface area contributed by atoms with E-state index in [-0.39, 0.29) is 29.8 Å². The molecule has 0 unspecified atom stereocenters. The molecule has 0 saturated carbocycles. The van der Waals surface area contributed by atoms with Crippen molar-refractivity contribution in [3.63, 3.8) is 0 Å². The molecule has 0 radical (unpaired) electrons. The first kappa shape index (κ1) is 26.7. The summed E-state index contributed by atoms with van der Waals surface area (Å²) < 4.78 is 0. The summed E-state index contributed by atoms with van der Waals surface area (Å²) in [4.78, 5) is 32.9. The summed E-state index contributed by atoms with van der Waals surface area (Å²) in [6.07, 6.45) is 1.24. The van der Waals surface area contributed by atoms with Crippen molar-refractivity contribution in [3.8, 4) is 6.07 Å². The predicted molar refractivity (Wildman–Crippen MR) is 124 cm³/mol. The first-order chi connectivity index (χ1) is 15.5. The monoisotopic (exact) mass is 457 g/mol. The Labute approximate surface area is 191 Å². The molecule has 0 aromatic heterocycles. The number of non-ortho nitro benzene ring substituents is 1. The number of nitro benzene ring substituents is 1.